The second-order valence-corrected chi connectivity index (χ2v) is 4.48. The minimum Gasteiger partial charge on any atom is -0.395 e. The van der Waals surface area contributed by atoms with Crippen molar-refractivity contribution in [1.29, 1.82) is 0 Å². The molecule has 0 spiro atoms. The van der Waals surface area contributed by atoms with Gasteiger partial charge in [0.05, 0.1) is 18.6 Å². The Morgan fingerprint density at radius 1 is 1.30 bits per heavy atom. The highest BCUT2D eigenvalue weighted by Gasteiger charge is 2.30. The van der Waals surface area contributed by atoms with Crippen molar-refractivity contribution < 1.29 is 23.1 Å². The molecule has 0 saturated heterocycles. The zero-order valence-corrected chi connectivity index (χ0v) is 11.3. The predicted octanol–water partition coefficient (Wildman–Crippen LogP) is 2.48. The number of aliphatic hydroxyl groups is 1. The van der Waals surface area contributed by atoms with Gasteiger partial charge in [0.2, 0.25) is 5.91 Å². The van der Waals surface area contributed by atoms with Crippen LogP contribution in [0.3, 0.4) is 0 Å². The predicted molar refractivity (Wildman–Crippen MR) is 69.1 cm³/mol. The molecule has 0 fully saturated rings. The zero-order valence-electron chi connectivity index (χ0n) is 11.3. The van der Waals surface area contributed by atoms with Crippen LogP contribution in [0.2, 0.25) is 0 Å². The van der Waals surface area contributed by atoms with Crippen molar-refractivity contribution in [2.24, 2.45) is 0 Å². The Morgan fingerprint density at radius 2 is 2.00 bits per heavy atom. The molecule has 0 aliphatic heterocycles. The molecule has 1 amide bonds. The van der Waals surface area contributed by atoms with Gasteiger partial charge in [0.25, 0.3) is 0 Å². The lowest BCUT2D eigenvalue weighted by Crippen LogP contribution is -2.35. The van der Waals surface area contributed by atoms with E-state index in [1.54, 1.807) is 0 Å². The summed E-state index contributed by atoms with van der Waals surface area (Å²) >= 11 is 0. The van der Waals surface area contributed by atoms with Crippen molar-refractivity contribution >= 4 is 5.91 Å². The third-order valence-corrected chi connectivity index (χ3v) is 2.83. The molecule has 0 radical (unpaired) electrons. The normalized spacial score (nSPS) is 11.4. The minimum atomic E-state index is -4.41. The van der Waals surface area contributed by atoms with Gasteiger partial charge in [0, 0.05) is 13.1 Å². The van der Waals surface area contributed by atoms with Crippen LogP contribution in [0.25, 0.3) is 0 Å². The Labute approximate surface area is 116 Å². The maximum absolute atomic E-state index is 12.6. The van der Waals surface area contributed by atoms with E-state index in [1.807, 2.05) is 6.92 Å². The lowest BCUT2D eigenvalue weighted by atomic mass is 10.1. The smallest absolute Gasteiger partial charge is 0.395 e. The number of hydrogen-bond acceptors (Lipinski definition) is 2. The van der Waals surface area contributed by atoms with Crippen LogP contribution >= 0.6 is 0 Å². The molecule has 0 unspecified atom stereocenters. The molecule has 0 aliphatic carbocycles. The van der Waals surface area contributed by atoms with Gasteiger partial charge in [-0.3, -0.25) is 4.79 Å². The number of aliphatic hydroxyl groups excluding tert-OH is 1. The number of halogens is 3. The Bertz CT molecular complexity index is 440. The minimum absolute atomic E-state index is 0.0933. The first-order valence-electron chi connectivity index (χ1n) is 6.43. The summed E-state index contributed by atoms with van der Waals surface area (Å²) in [5, 5.41) is 8.89. The first-order chi connectivity index (χ1) is 9.38. The largest absolute Gasteiger partial charge is 0.416 e. The molecular formula is C14H18F3NO2. The lowest BCUT2D eigenvalue weighted by molar-refractivity contribution is -0.138. The van der Waals surface area contributed by atoms with Crippen molar-refractivity contribution in [3.8, 4) is 0 Å². The number of benzene rings is 1. The van der Waals surface area contributed by atoms with Crippen LogP contribution in [0.15, 0.2) is 24.3 Å². The SMILES string of the molecule is CCCN(CCO)C(=O)Cc1cccc(C(F)(F)F)c1. The summed E-state index contributed by atoms with van der Waals surface area (Å²) in [6.45, 7) is 2.42. The molecule has 6 heteroatoms. The maximum Gasteiger partial charge on any atom is 0.416 e. The average molecular weight is 289 g/mol. The van der Waals surface area contributed by atoms with Gasteiger partial charge in [-0.05, 0) is 18.1 Å². The Kier molecular flexibility index (Phi) is 6.01. The van der Waals surface area contributed by atoms with E-state index in [0.717, 1.165) is 18.6 Å². The fourth-order valence-corrected chi connectivity index (χ4v) is 1.90. The van der Waals surface area contributed by atoms with Crippen molar-refractivity contribution in [3.63, 3.8) is 0 Å². The quantitative estimate of drug-likeness (QED) is 0.874. The van der Waals surface area contributed by atoms with Gasteiger partial charge in [-0.1, -0.05) is 25.1 Å². The van der Waals surface area contributed by atoms with Gasteiger partial charge in [0.15, 0.2) is 0 Å². The second kappa shape index (κ2) is 7.28. The molecule has 0 aromatic heterocycles. The third-order valence-electron chi connectivity index (χ3n) is 2.83. The molecule has 0 bridgehead atoms. The fourth-order valence-electron chi connectivity index (χ4n) is 1.90. The van der Waals surface area contributed by atoms with Crippen LogP contribution in [0.1, 0.15) is 24.5 Å². The molecule has 1 aromatic carbocycles. The molecule has 0 heterocycles. The Balaban J connectivity index is 2.79. The van der Waals surface area contributed by atoms with Crippen LogP contribution in [0.4, 0.5) is 13.2 Å². The molecule has 1 aromatic rings. The lowest BCUT2D eigenvalue weighted by Gasteiger charge is -2.21. The van der Waals surface area contributed by atoms with Crippen molar-refractivity contribution in [1.82, 2.24) is 4.90 Å². The fraction of sp³-hybridized carbons (Fsp3) is 0.500. The summed E-state index contributed by atoms with van der Waals surface area (Å²) in [5.41, 5.74) is -0.434. The number of nitrogens with zero attached hydrogens (tertiary/aromatic N) is 1. The average Bonchev–Trinajstić information content (AvgIpc) is 2.38. The molecule has 112 valence electrons. The van der Waals surface area contributed by atoms with E-state index in [1.165, 1.54) is 17.0 Å². The number of hydrogen-bond donors (Lipinski definition) is 1. The standard InChI is InChI=1S/C14H18F3NO2/c1-2-6-18(7-8-19)13(20)10-11-4-3-5-12(9-11)14(15,16)17/h3-5,9,19H,2,6-8,10H2,1H3. The maximum atomic E-state index is 12.6. The summed E-state index contributed by atoms with van der Waals surface area (Å²) in [4.78, 5) is 13.4. The number of rotatable bonds is 6. The summed E-state index contributed by atoms with van der Waals surface area (Å²) in [6, 6.07) is 4.75. The number of alkyl halides is 3. The highest BCUT2D eigenvalue weighted by Crippen LogP contribution is 2.29. The zero-order chi connectivity index (χ0) is 15.2. The first-order valence-corrected chi connectivity index (χ1v) is 6.43. The van der Waals surface area contributed by atoms with E-state index in [0.29, 0.717) is 12.1 Å². The van der Waals surface area contributed by atoms with Gasteiger partial charge in [-0.15, -0.1) is 0 Å². The first kappa shape index (κ1) is 16.5. The molecule has 1 rings (SSSR count). The van der Waals surface area contributed by atoms with Gasteiger partial charge in [-0.25, -0.2) is 0 Å². The second-order valence-electron chi connectivity index (χ2n) is 4.48. The van der Waals surface area contributed by atoms with Crippen LogP contribution in [-0.2, 0) is 17.4 Å². The van der Waals surface area contributed by atoms with Gasteiger partial charge >= 0.3 is 6.18 Å². The molecule has 0 atom stereocenters. The van der Waals surface area contributed by atoms with E-state index in [2.05, 4.69) is 0 Å². The molecule has 0 saturated carbocycles. The summed E-state index contributed by atoms with van der Waals surface area (Å²) in [5.74, 6) is -0.278. The van der Waals surface area contributed by atoms with Crippen LogP contribution in [0, 0.1) is 0 Å². The number of carbonyl (C=O) groups excluding carboxylic acids is 1. The van der Waals surface area contributed by atoms with Gasteiger partial charge < -0.3 is 10.0 Å². The van der Waals surface area contributed by atoms with E-state index in [-0.39, 0.29) is 25.5 Å². The van der Waals surface area contributed by atoms with Crippen LogP contribution in [-0.4, -0.2) is 35.6 Å². The number of carbonyl (C=O) groups is 1. The molecule has 1 N–H and O–H groups in total. The Morgan fingerprint density at radius 3 is 2.55 bits per heavy atom. The number of amides is 1. The summed E-state index contributed by atoms with van der Waals surface area (Å²) in [6.07, 6.45) is -3.77. The van der Waals surface area contributed by atoms with Crippen LogP contribution in [0.5, 0.6) is 0 Å². The van der Waals surface area contributed by atoms with Crippen molar-refractivity contribution in [3.05, 3.63) is 35.4 Å². The summed E-state index contributed by atoms with van der Waals surface area (Å²) < 4.78 is 37.7. The van der Waals surface area contributed by atoms with Crippen molar-refractivity contribution in [2.75, 3.05) is 19.7 Å². The highest BCUT2D eigenvalue weighted by atomic mass is 19.4. The molecule has 3 nitrogen and oxygen atoms in total. The van der Waals surface area contributed by atoms with E-state index >= 15 is 0 Å². The Hall–Kier alpha value is -1.56. The highest BCUT2D eigenvalue weighted by molar-refractivity contribution is 5.78. The van der Waals surface area contributed by atoms with E-state index in [9.17, 15) is 18.0 Å². The topological polar surface area (TPSA) is 40.5 Å². The molecular weight excluding hydrogens is 271 g/mol. The molecule has 20 heavy (non-hydrogen) atoms. The van der Waals surface area contributed by atoms with Crippen molar-refractivity contribution in [2.45, 2.75) is 25.9 Å². The van der Waals surface area contributed by atoms with Crippen LogP contribution < -0.4 is 0 Å². The van der Waals surface area contributed by atoms with E-state index < -0.39 is 11.7 Å². The van der Waals surface area contributed by atoms with E-state index in [4.69, 9.17) is 5.11 Å². The monoisotopic (exact) mass is 289 g/mol. The van der Waals surface area contributed by atoms with Gasteiger partial charge in [-0.2, -0.15) is 13.2 Å². The molecule has 0 aliphatic rings. The summed E-state index contributed by atoms with van der Waals surface area (Å²) in [7, 11) is 0. The third kappa shape index (κ3) is 4.85. The van der Waals surface area contributed by atoms with Gasteiger partial charge in [0.1, 0.15) is 0 Å².